The highest BCUT2D eigenvalue weighted by atomic mass is 16.3. The third-order valence-electron chi connectivity index (χ3n) is 1.76. The molecule has 0 radical (unpaired) electrons. The molecule has 0 bridgehead atoms. The SMILES string of the molecule is CC#CCNCc1ccc(CC)o1. The van der Waals surface area contributed by atoms with Crippen molar-refractivity contribution in [3.63, 3.8) is 0 Å². The van der Waals surface area contributed by atoms with E-state index in [0.29, 0.717) is 0 Å². The van der Waals surface area contributed by atoms with Crippen LogP contribution in [0.5, 0.6) is 0 Å². The summed E-state index contributed by atoms with van der Waals surface area (Å²) in [6.07, 6.45) is 0.953. The molecule has 2 heteroatoms. The summed E-state index contributed by atoms with van der Waals surface area (Å²) in [7, 11) is 0. The summed E-state index contributed by atoms with van der Waals surface area (Å²) in [5.41, 5.74) is 0. The summed E-state index contributed by atoms with van der Waals surface area (Å²) >= 11 is 0. The van der Waals surface area contributed by atoms with Crippen molar-refractivity contribution in [2.24, 2.45) is 0 Å². The maximum absolute atomic E-state index is 5.50. The van der Waals surface area contributed by atoms with Gasteiger partial charge in [-0.05, 0) is 19.1 Å². The molecule has 0 aromatic carbocycles. The lowest BCUT2D eigenvalue weighted by Crippen LogP contribution is -2.12. The van der Waals surface area contributed by atoms with Crippen LogP contribution in [-0.4, -0.2) is 6.54 Å². The molecule has 2 nitrogen and oxygen atoms in total. The van der Waals surface area contributed by atoms with Gasteiger partial charge in [0.2, 0.25) is 0 Å². The van der Waals surface area contributed by atoms with Crippen LogP contribution in [0.3, 0.4) is 0 Å². The van der Waals surface area contributed by atoms with Crippen LogP contribution in [0.25, 0.3) is 0 Å². The average Bonchev–Trinajstić information content (AvgIpc) is 2.60. The van der Waals surface area contributed by atoms with Gasteiger partial charge in [0.05, 0.1) is 13.1 Å². The first-order valence-electron chi connectivity index (χ1n) is 4.54. The smallest absolute Gasteiger partial charge is 0.117 e. The van der Waals surface area contributed by atoms with Crippen LogP contribution in [0, 0.1) is 11.8 Å². The quantitative estimate of drug-likeness (QED) is 0.561. The minimum Gasteiger partial charge on any atom is -0.465 e. The number of hydrogen-bond donors (Lipinski definition) is 1. The van der Waals surface area contributed by atoms with Crippen molar-refractivity contribution in [1.82, 2.24) is 5.32 Å². The van der Waals surface area contributed by atoms with E-state index in [1.807, 2.05) is 19.1 Å². The van der Waals surface area contributed by atoms with E-state index in [4.69, 9.17) is 4.42 Å². The third-order valence-corrected chi connectivity index (χ3v) is 1.76. The van der Waals surface area contributed by atoms with Gasteiger partial charge in [0.1, 0.15) is 11.5 Å². The molecule has 0 saturated heterocycles. The Morgan fingerprint density at radius 2 is 2.15 bits per heavy atom. The van der Waals surface area contributed by atoms with Gasteiger partial charge in [-0.3, -0.25) is 5.32 Å². The van der Waals surface area contributed by atoms with Crippen LogP contribution < -0.4 is 5.32 Å². The maximum Gasteiger partial charge on any atom is 0.117 e. The van der Waals surface area contributed by atoms with Gasteiger partial charge in [-0.1, -0.05) is 12.8 Å². The van der Waals surface area contributed by atoms with Gasteiger partial charge in [-0.25, -0.2) is 0 Å². The van der Waals surface area contributed by atoms with E-state index in [1.54, 1.807) is 0 Å². The lowest BCUT2D eigenvalue weighted by Gasteiger charge is -1.95. The van der Waals surface area contributed by atoms with Gasteiger partial charge in [-0.15, -0.1) is 5.92 Å². The zero-order valence-electron chi connectivity index (χ0n) is 8.18. The van der Waals surface area contributed by atoms with Gasteiger partial charge in [0.15, 0.2) is 0 Å². The molecule has 0 fully saturated rings. The Hall–Kier alpha value is -1.20. The largest absolute Gasteiger partial charge is 0.465 e. The Kier molecular flexibility index (Phi) is 4.14. The molecule has 0 spiro atoms. The standard InChI is InChI=1S/C11H15NO/c1-3-5-8-12-9-11-7-6-10(4-2)13-11/h6-7,12H,4,8-9H2,1-2H3. The molecule has 13 heavy (non-hydrogen) atoms. The highest BCUT2D eigenvalue weighted by Gasteiger charge is 1.97. The van der Waals surface area contributed by atoms with Crippen LogP contribution in [0.4, 0.5) is 0 Å². The van der Waals surface area contributed by atoms with E-state index >= 15 is 0 Å². The molecule has 1 rings (SSSR count). The van der Waals surface area contributed by atoms with Crippen LogP contribution in [-0.2, 0) is 13.0 Å². The fourth-order valence-corrected chi connectivity index (χ4v) is 1.04. The molecule has 0 unspecified atom stereocenters. The van der Waals surface area contributed by atoms with E-state index in [9.17, 15) is 0 Å². The third kappa shape index (κ3) is 3.35. The molecule has 1 aromatic rings. The van der Waals surface area contributed by atoms with E-state index in [1.165, 1.54) is 0 Å². The van der Waals surface area contributed by atoms with Gasteiger partial charge in [0.25, 0.3) is 0 Å². The molecule has 0 aliphatic heterocycles. The van der Waals surface area contributed by atoms with Gasteiger partial charge in [-0.2, -0.15) is 0 Å². The average molecular weight is 177 g/mol. The first kappa shape index (κ1) is 9.88. The Morgan fingerprint density at radius 1 is 1.38 bits per heavy atom. The topological polar surface area (TPSA) is 25.2 Å². The fourth-order valence-electron chi connectivity index (χ4n) is 1.04. The fraction of sp³-hybridized carbons (Fsp3) is 0.455. The monoisotopic (exact) mass is 177 g/mol. The number of furan rings is 1. The van der Waals surface area contributed by atoms with Crippen molar-refractivity contribution in [3.8, 4) is 11.8 Å². The second-order valence-corrected chi connectivity index (χ2v) is 2.75. The number of rotatable bonds is 4. The first-order chi connectivity index (χ1) is 6.36. The van der Waals surface area contributed by atoms with Crippen LogP contribution >= 0.6 is 0 Å². The van der Waals surface area contributed by atoms with Crippen molar-refractivity contribution < 1.29 is 4.42 Å². The lowest BCUT2D eigenvalue weighted by molar-refractivity contribution is 0.456. The van der Waals surface area contributed by atoms with Gasteiger partial charge in [0, 0.05) is 6.42 Å². The van der Waals surface area contributed by atoms with Crippen LogP contribution in [0.1, 0.15) is 25.4 Å². The molecule has 0 saturated carbocycles. The molecule has 0 aliphatic carbocycles. The first-order valence-corrected chi connectivity index (χ1v) is 4.54. The number of hydrogen-bond acceptors (Lipinski definition) is 2. The minimum atomic E-state index is 0.721. The van der Waals surface area contributed by atoms with Crippen molar-refractivity contribution in [2.75, 3.05) is 6.54 Å². The molecule has 0 amide bonds. The van der Waals surface area contributed by atoms with E-state index in [2.05, 4.69) is 24.1 Å². The van der Waals surface area contributed by atoms with Crippen molar-refractivity contribution in [1.29, 1.82) is 0 Å². The summed E-state index contributed by atoms with van der Waals surface area (Å²) in [5.74, 6) is 7.79. The van der Waals surface area contributed by atoms with E-state index < -0.39 is 0 Å². The molecule has 0 atom stereocenters. The van der Waals surface area contributed by atoms with Gasteiger partial charge < -0.3 is 4.42 Å². The zero-order valence-corrected chi connectivity index (χ0v) is 8.18. The zero-order chi connectivity index (χ0) is 9.52. The Balaban J connectivity index is 2.31. The van der Waals surface area contributed by atoms with Gasteiger partial charge >= 0.3 is 0 Å². The molecule has 1 aromatic heterocycles. The summed E-state index contributed by atoms with van der Waals surface area (Å²) in [6.45, 7) is 5.40. The highest BCUT2D eigenvalue weighted by molar-refractivity contribution is 5.07. The summed E-state index contributed by atoms with van der Waals surface area (Å²) in [4.78, 5) is 0. The second-order valence-electron chi connectivity index (χ2n) is 2.75. The molecule has 0 aliphatic rings. The molecular weight excluding hydrogens is 162 g/mol. The second kappa shape index (κ2) is 5.45. The van der Waals surface area contributed by atoms with Crippen molar-refractivity contribution in [2.45, 2.75) is 26.8 Å². The van der Waals surface area contributed by atoms with Crippen LogP contribution in [0.15, 0.2) is 16.5 Å². The molecular formula is C11H15NO. The predicted octanol–water partition coefficient (Wildman–Crippen LogP) is 1.95. The minimum absolute atomic E-state index is 0.721. The normalized spacial score (nSPS) is 9.38. The lowest BCUT2D eigenvalue weighted by atomic mass is 10.3. The van der Waals surface area contributed by atoms with Crippen molar-refractivity contribution in [3.05, 3.63) is 23.7 Å². The Labute approximate surface area is 79.3 Å². The Morgan fingerprint density at radius 3 is 2.77 bits per heavy atom. The van der Waals surface area contributed by atoms with Crippen molar-refractivity contribution >= 4 is 0 Å². The summed E-state index contributed by atoms with van der Waals surface area (Å²) < 4.78 is 5.50. The van der Waals surface area contributed by atoms with E-state index in [0.717, 1.165) is 31.0 Å². The number of nitrogens with one attached hydrogen (secondary N) is 1. The maximum atomic E-state index is 5.50. The summed E-state index contributed by atoms with van der Waals surface area (Å²) in [5, 5.41) is 3.17. The molecule has 1 N–H and O–H groups in total. The Bertz CT molecular complexity index is 303. The highest BCUT2D eigenvalue weighted by Crippen LogP contribution is 2.07. The predicted molar refractivity (Wildman–Crippen MR) is 53.2 cm³/mol. The van der Waals surface area contributed by atoms with E-state index in [-0.39, 0.29) is 0 Å². The molecule has 1 heterocycles. The van der Waals surface area contributed by atoms with Crippen LogP contribution in [0.2, 0.25) is 0 Å². The summed E-state index contributed by atoms with van der Waals surface area (Å²) in [6, 6.07) is 4.02. The number of aryl methyl sites for hydroxylation is 1. The molecule has 70 valence electrons.